The smallest absolute Gasteiger partial charge is 0.305 e. The quantitative estimate of drug-likeness (QED) is 0.542. The van der Waals surface area contributed by atoms with Crippen LogP contribution in [-0.2, 0) is 14.3 Å². The van der Waals surface area contributed by atoms with Gasteiger partial charge in [-0.25, -0.2) is 0 Å². The molecule has 1 heterocycles. The van der Waals surface area contributed by atoms with Gasteiger partial charge in [-0.15, -0.1) is 0 Å². The fourth-order valence-corrected chi connectivity index (χ4v) is 2.01. The minimum Gasteiger partial charge on any atom is -0.469 e. The molecule has 4 N–H and O–H groups in total. The van der Waals surface area contributed by atoms with E-state index in [1.165, 1.54) is 7.11 Å². The Hall–Kier alpha value is -2.57. The Morgan fingerprint density at radius 1 is 1.40 bits per heavy atom. The van der Waals surface area contributed by atoms with Crippen molar-refractivity contribution in [3.05, 3.63) is 23.8 Å². The first-order valence-corrected chi connectivity index (χ1v) is 6.10. The molecule has 1 aliphatic heterocycles. The summed E-state index contributed by atoms with van der Waals surface area (Å²) in [6, 6.07) is 4.04. The van der Waals surface area contributed by atoms with Gasteiger partial charge < -0.3 is 21.1 Å². The molecule has 0 radical (unpaired) electrons. The van der Waals surface area contributed by atoms with E-state index in [0.717, 1.165) is 0 Å². The fraction of sp³-hybridized carbons (Fsp3) is 0.308. The zero-order valence-corrected chi connectivity index (χ0v) is 10.9. The summed E-state index contributed by atoms with van der Waals surface area (Å²) in [6.45, 7) is 0. The van der Waals surface area contributed by atoms with Gasteiger partial charge in [0, 0.05) is 12.1 Å². The predicted octanol–water partition coefficient (Wildman–Crippen LogP) is 0.272. The second-order valence-corrected chi connectivity index (χ2v) is 4.40. The number of hydrogen-bond donors (Lipinski definition) is 3. The average Bonchev–Trinajstić information content (AvgIpc) is 2.54. The molecule has 20 heavy (non-hydrogen) atoms. The van der Waals surface area contributed by atoms with E-state index in [0.29, 0.717) is 5.69 Å². The Labute approximate surface area is 115 Å². The van der Waals surface area contributed by atoms with Crippen LogP contribution in [0.3, 0.4) is 0 Å². The first-order chi connectivity index (χ1) is 9.52. The molecule has 1 atom stereocenters. The van der Waals surface area contributed by atoms with Crippen LogP contribution in [0.1, 0.15) is 23.2 Å². The summed E-state index contributed by atoms with van der Waals surface area (Å²) >= 11 is 0. The van der Waals surface area contributed by atoms with Crippen molar-refractivity contribution >= 4 is 29.2 Å². The number of nitrogens with two attached hydrogens (primary N) is 1. The second-order valence-electron chi connectivity index (χ2n) is 4.40. The van der Waals surface area contributed by atoms with E-state index in [-0.39, 0.29) is 30.0 Å². The molecule has 0 fully saturated rings. The van der Waals surface area contributed by atoms with E-state index in [4.69, 9.17) is 5.73 Å². The minimum atomic E-state index is -0.798. The van der Waals surface area contributed by atoms with Gasteiger partial charge in [0.05, 0.1) is 18.4 Å². The van der Waals surface area contributed by atoms with E-state index >= 15 is 0 Å². The van der Waals surface area contributed by atoms with Crippen molar-refractivity contribution in [3.63, 3.8) is 0 Å². The van der Waals surface area contributed by atoms with Gasteiger partial charge >= 0.3 is 5.97 Å². The van der Waals surface area contributed by atoms with Crippen LogP contribution in [0.15, 0.2) is 18.2 Å². The van der Waals surface area contributed by atoms with E-state index < -0.39 is 17.9 Å². The van der Waals surface area contributed by atoms with Crippen LogP contribution in [0, 0.1) is 0 Å². The zero-order chi connectivity index (χ0) is 14.7. The van der Waals surface area contributed by atoms with Crippen LogP contribution in [0.4, 0.5) is 11.4 Å². The van der Waals surface area contributed by atoms with E-state index in [2.05, 4.69) is 15.4 Å². The third-order valence-electron chi connectivity index (χ3n) is 3.07. The van der Waals surface area contributed by atoms with Crippen molar-refractivity contribution < 1.29 is 19.1 Å². The Morgan fingerprint density at radius 2 is 2.15 bits per heavy atom. The van der Waals surface area contributed by atoms with Crippen molar-refractivity contribution in [2.45, 2.75) is 18.9 Å². The number of amides is 2. The maximum Gasteiger partial charge on any atom is 0.305 e. The molecule has 1 aliphatic rings. The number of hydrogen-bond acceptors (Lipinski definition) is 5. The number of anilines is 2. The molecule has 0 saturated heterocycles. The van der Waals surface area contributed by atoms with Crippen LogP contribution < -0.4 is 16.4 Å². The summed E-state index contributed by atoms with van der Waals surface area (Å²) in [6.07, 6.45) is 0.207. The normalized spacial score (nSPS) is 17.6. The molecule has 2 amide bonds. The molecule has 0 aromatic heterocycles. The lowest BCUT2D eigenvalue weighted by Crippen LogP contribution is -2.41. The molecule has 0 spiro atoms. The molecule has 7 heteroatoms. The molecule has 0 aliphatic carbocycles. The first-order valence-electron chi connectivity index (χ1n) is 6.10. The molecule has 7 nitrogen and oxygen atoms in total. The number of ether oxygens (including phenoxy) is 1. The number of nitrogens with one attached hydrogen (secondary N) is 2. The third kappa shape index (κ3) is 2.71. The largest absolute Gasteiger partial charge is 0.469 e. The maximum atomic E-state index is 12.1. The maximum absolute atomic E-state index is 12.1. The van der Waals surface area contributed by atoms with Crippen molar-refractivity contribution in [1.82, 2.24) is 5.32 Å². The summed E-state index contributed by atoms with van der Waals surface area (Å²) in [5, 5.41) is 5.20. The first kappa shape index (κ1) is 13.9. The van der Waals surface area contributed by atoms with Crippen molar-refractivity contribution in [2.75, 3.05) is 18.2 Å². The molecular formula is C13H15N3O4. The van der Waals surface area contributed by atoms with Gasteiger partial charge in [-0.1, -0.05) is 6.07 Å². The number of benzene rings is 1. The third-order valence-corrected chi connectivity index (χ3v) is 3.07. The summed E-state index contributed by atoms with van der Waals surface area (Å²) in [5.41, 5.74) is 6.64. The van der Waals surface area contributed by atoms with E-state index in [1.54, 1.807) is 18.2 Å². The highest BCUT2D eigenvalue weighted by Gasteiger charge is 2.29. The lowest BCUT2D eigenvalue weighted by molar-refractivity contribution is -0.140. The summed E-state index contributed by atoms with van der Waals surface area (Å²) < 4.78 is 4.51. The van der Waals surface area contributed by atoms with Gasteiger partial charge in [0.25, 0.3) is 5.91 Å². The number of methoxy groups -OCH3 is 1. The van der Waals surface area contributed by atoms with Crippen LogP contribution in [0.2, 0.25) is 0 Å². The van der Waals surface area contributed by atoms with E-state index in [1.807, 2.05) is 0 Å². The van der Waals surface area contributed by atoms with Crippen molar-refractivity contribution in [2.24, 2.45) is 0 Å². The number of esters is 1. The molecule has 106 valence electrons. The molecule has 1 aromatic carbocycles. The van der Waals surface area contributed by atoms with Crippen LogP contribution in [0.25, 0.3) is 0 Å². The highest BCUT2D eigenvalue weighted by molar-refractivity contribution is 6.12. The Kier molecular flexibility index (Phi) is 3.88. The van der Waals surface area contributed by atoms with Crippen LogP contribution in [0.5, 0.6) is 0 Å². The second kappa shape index (κ2) is 5.60. The van der Waals surface area contributed by atoms with Crippen molar-refractivity contribution in [1.29, 1.82) is 0 Å². The Bertz CT molecular complexity index is 571. The minimum absolute atomic E-state index is 0.0424. The molecule has 0 bridgehead atoms. The van der Waals surface area contributed by atoms with Gasteiger partial charge in [-0.2, -0.15) is 0 Å². The summed E-state index contributed by atoms with van der Waals surface area (Å²) in [7, 11) is 1.27. The SMILES string of the molecule is COC(=O)CCC1NC(=O)c2c(N)cccc2NC1=O. The predicted molar refractivity (Wildman–Crippen MR) is 72.0 cm³/mol. The molecule has 0 saturated carbocycles. The molecule has 1 aromatic rings. The zero-order valence-electron chi connectivity index (χ0n) is 10.9. The molecular weight excluding hydrogens is 262 g/mol. The van der Waals surface area contributed by atoms with Crippen LogP contribution >= 0.6 is 0 Å². The average molecular weight is 277 g/mol. The van der Waals surface area contributed by atoms with Crippen molar-refractivity contribution in [3.8, 4) is 0 Å². The standard InChI is InChI=1S/C13H15N3O4/c1-20-10(17)6-5-9-12(18)15-8-4-2-3-7(14)11(8)13(19)16-9/h2-4,9H,5-6,14H2,1H3,(H,15,18)(H,16,19). The number of nitrogen functional groups attached to an aromatic ring is 1. The topological polar surface area (TPSA) is 111 Å². The number of carbonyl (C=O) groups excluding carboxylic acids is 3. The lowest BCUT2D eigenvalue weighted by atomic mass is 10.1. The van der Waals surface area contributed by atoms with Crippen LogP contribution in [-0.4, -0.2) is 30.9 Å². The van der Waals surface area contributed by atoms with Gasteiger partial charge in [-0.3, -0.25) is 14.4 Å². The fourth-order valence-electron chi connectivity index (χ4n) is 2.01. The monoisotopic (exact) mass is 277 g/mol. The highest BCUT2D eigenvalue weighted by atomic mass is 16.5. The number of carbonyl (C=O) groups is 3. The molecule has 1 unspecified atom stereocenters. The Balaban J connectivity index is 2.19. The van der Waals surface area contributed by atoms with E-state index in [9.17, 15) is 14.4 Å². The van der Waals surface area contributed by atoms with Gasteiger partial charge in [0.2, 0.25) is 5.91 Å². The highest BCUT2D eigenvalue weighted by Crippen LogP contribution is 2.24. The lowest BCUT2D eigenvalue weighted by Gasteiger charge is -2.13. The Morgan fingerprint density at radius 3 is 2.85 bits per heavy atom. The summed E-state index contributed by atoms with van der Waals surface area (Å²) in [5.74, 6) is -1.26. The number of rotatable bonds is 3. The number of fused-ring (bicyclic) bond motifs is 1. The summed E-state index contributed by atoms with van der Waals surface area (Å²) in [4.78, 5) is 35.2. The van der Waals surface area contributed by atoms with Gasteiger partial charge in [0.1, 0.15) is 6.04 Å². The van der Waals surface area contributed by atoms with Gasteiger partial charge in [-0.05, 0) is 18.6 Å². The molecule has 2 rings (SSSR count). The van der Waals surface area contributed by atoms with Gasteiger partial charge in [0.15, 0.2) is 0 Å².